The summed E-state index contributed by atoms with van der Waals surface area (Å²) in [4.78, 5) is 15.0. The Bertz CT molecular complexity index is 1020. The first kappa shape index (κ1) is 25.7. The van der Waals surface area contributed by atoms with Crippen LogP contribution >= 0.6 is 0 Å². The average molecular weight is 466 g/mol. The summed E-state index contributed by atoms with van der Waals surface area (Å²) in [6, 6.07) is 14.7. The number of nitriles is 1. The number of piperidine rings is 1. The van der Waals surface area contributed by atoms with Gasteiger partial charge in [-0.15, -0.1) is 0 Å². The topological polar surface area (TPSA) is 83.8 Å². The molecular formula is C27H35N3O4. The first-order valence-electron chi connectivity index (χ1n) is 12.0. The molecule has 0 spiro atoms. The number of methoxy groups -OCH3 is 1. The van der Waals surface area contributed by atoms with Gasteiger partial charge in [-0.25, -0.2) is 0 Å². The Balaban J connectivity index is 1.57. The minimum Gasteiger partial charge on any atom is -0.382 e. The van der Waals surface area contributed by atoms with E-state index in [1.165, 1.54) is 24.9 Å². The summed E-state index contributed by atoms with van der Waals surface area (Å²) in [6.07, 6.45) is 3.80. The number of carbonyl (C=O) groups excluding carboxylic acids is 1. The first-order valence-corrected chi connectivity index (χ1v) is 12.0. The molecule has 0 aliphatic carbocycles. The third-order valence-electron chi connectivity index (χ3n) is 6.03. The molecule has 7 nitrogen and oxygen atoms in total. The quantitative estimate of drug-likeness (QED) is 0.291. The Morgan fingerprint density at radius 3 is 2.38 bits per heavy atom. The van der Waals surface area contributed by atoms with E-state index < -0.39 is 0 Å². The third-order valence-corrected chi connectivity index (χ3v) is 6.03. The zero-order valence-electron chi connectivity index (χ0n) is 20.3. The van der Waals surface area contributed by atoms with E-state index in [0.717, 1.165) is 29.4 Å². The Morgan fingerprint density at radius 2 is 1.65 bits per heavy atom. The number of anilines is 1. The van der Waals surface area contributed by atoms with Crippen LogP contribution in [-0.2, 0) is 19.0 Å². The van der Waals surface area contributed by atoms with Gasteiger partial charge in [0.05, 0.1) is 33.0 Å². The predicted molar refractivity (Wildman–Crippen MR) is 135 cm³/mol. The van der Waals surface area contributed by atoms with Crippen LogP contribution in [0.25, 0.3) is 16.3 Å². The number of rotatable bonds is 12. The summed E-state index contributed by atoms with van der Waals surface area (Å²) in [6.45, 7) is 6.71. The lowest BCUT2D eigenvalue weighted by Crippen LogP contribution is -2.29. The van der Waals surface area contributed by atoms with Gasteiger partial charge in [-0.3, -0.25) is 4.79 Å². The monoisotopic (exact) mass is 465 g/mol. The molecule has 1 heterocycles. The van der Waals surface area contributed by atoms with Gasteiger partial charge in [-0.2, -0.15) is 5.26 Å². The molecule has 1 fully saturated rings. The van der Waals surface area contributed by atoms with Crippen molar-refractivity contribution in [1.82, 2.24) is 5.32 Å². The van der Waals surface area contributed by atoms with Crippen molar-refractivity contribution in [2.24, 2.45) is 0 Å². The van der Waals surface area contributed by atoms with Crippen LogP contribution in [0, 0.1) is 11.3 Å². The summed E-state index contributed by atoms with van der Waals surface area (Å²) in [7, 11) is 1.62. The van der Waals surface area contributed by atoms with E-state index >= 15 is 0 Å². The highest BCUT2D eigenvalue weighted by Crippen LogP contribution is 2.28. The van der Waals surface area contributed by atoms with Gasteiger partial charge in [0, 0.05) is 32.4 Å². The second-order valence-corrected chi connectivity index (χ2v) is 8.38. The number of hydrogen-bond donors (Lipinski definition) is 1. The Morgan fingerprint density at radius 1 is 0.971 bits per heavy atom. The molecule has 34 heavy (non-hydrogen) atoms. The van der Waals surface area contributed by atoms with E-state index in [9.17, 15) is 10.1 Å². The second kappa shape index (κ2) is 13.7. The van der Waals surface area contributed by atoms with Crippen molar-refractivity contribution in [2.75, 3.05) is 64.7 Å². The highest BCUT2D eigenvalue weighted by atomic mass is 16.5. The molecule has 2 aromatic rings. The van der Waals surface area contributed by atoms with Gasteiger partial charge < -0.3 is 24.4 Å². The fourth-order valence-corrected chi connectivity index (χ4v) is 4.05. The molecule has 3 rings (SSSR count). The summed E-state index contributed by atoms with van der Waals surface area (Å²) in [5.74, 6) is -0.388. The van der Waals surface area contributed by atoms with Gasteiger partial charge in [0.2, 0.25) is 0 Å². The van der Waals surface area contributed by atoms with Gasteiger partial charge in [0.25, 0.3) is 5.91 Å². The molecule has 7 heteroatoms. The average Bonchev–Trinajstić information content (AvgIpc) is 2.88. The first-order chi connectivity index (χ1) is 16.6. The molecule has 0 atom stereocenters. The lowest BCUT2D eigenvalue weighted by atomic mass is 9.98. The SMILES string of the molecule is COCCOCCOCCNC(=O)/C(C#N)=C(/C)c1ccc2cc(N3CCCCC3)ccc2c1. The highest BCUT2D eigenvalue weighted by Gasteiger charge is 2.15. The van der Waals surface area contributed by atoms with Crippen molar-refractivity contribution >= 4 is 27.9 Å². The van der Waals surface area contributed by atoms with Crippen molar-refractivity contribution in [3.05, 3.63) is 47.5 Å². The predicted octanol–water partition coefficient (Wildman–Crippen LogP) is 3.92. The van der Waals surface area contributed by atoms with Crippen LogP contribution in [0.5, 0.6) is 0 Å². The number of nitrogens with zero attached hydrogens (tertiary/aromatic N) is 2. The lowest BCUT2D eigenvalue weighted by molar-refractivity contribution is -0.117. The van der Waals surface area contributed by atoms with Gasteiger partial charge >= 0.3 is 0 Å². The Kier molecular flexibility index (Phi) is 10.4. The molecule has 1 N–H and O–H groups in total. The fourth-order valence-electron chi connectivity index (χ4n) is 4.05. The summed E-state index contributed by atoms with van der Waals surface area (Å²) in [5.41, 5.74) is 2.91. The zero-order valence-corrected chi connectivity index (χ0v) is 20.3. The molecular weight excluding hydrogens is 430 g/mol. The van der Waals surface area contributed by atoms with Crippen LogP contribution in [-0.4, -0.2) is 65.7 Å². The molecule has 1 amide bonds. The van der Waals surface area contributed by atoms with Gasteiger partial charge in [-0.05, 0) is 66.3 Å². The molecule has 0 bridgehead atoms. The zero-order chi connectivity index (χ0) is 24.2. The Hall–Kier alpha value is -2.92. The number of nitrogens with one attached hydrogen (secondary N) is 1. The molecule has 0 unspecified atom stereocenters. The van der Waals surface area contributed by atoms with E-state index in [2.05, 4.69) is 40.6 Å². The van der Waals surface area contributed by atoms with E-state index in [0.29, 0.717) is 45.2 Å². The minimum atomic E-state index is -0.388. The van der Waals surface area contributed by atoms with Crippen LogP contribution in [0.4, 0.5) is 5.69 Å². The summed E-state index contributed by atoms with van der Waals surface area (Å²) < 4.78 is 15.7. The number of amides is 1. The van der Waals surface area contributed by atoms with Crippen LogP contribution in [0.15, 0.2) is 42.0 Å². The largest absolute Gasteiger partial charge is 0.382 e. The van der Waals surface area contributed by atoms with Gasteiger partial charge in [0.15, 0.2) is 0 Å². The maximum atomic E-state index is 12.6. The molecule has 0 saturated carbocycles. The number of benzene rings is 2. The van der Waals surface area contributed by atoms with E-state index in [1.807, 2.05) is 19.1 Å². The molecule has 0 radical (unpaired) electrons. The molecule has 1 saturated heterocycles. The second-order valence-electron chi connectivity index (χ2n) is 8.38. The summed E-state index contributed by atoms with van der Waals surface area (Å²) >= 11 is 0. The van der Waals surface area contributed by atoms with Crippen LogP contribution in [0.1, 0.15) is 31.7 Å². The van der Waals surface area contributed by atoms with Crippen molar-refractivity contribution in [2.45, 2.75) is 26.2 Å². The highest BCUT2D eigenvalue weighted by molar-refractivity contribution is 6.05. The van der Waals surface area contributed by atoms with E-state index in [-0.39, 0.29) is 11.5 Å². The van der Waals surface area contributed by atoms with E-state index in [1.54, 1.807) is 7.11 Å². The molecule has 2 aromatic carbocycles. The smallest absolute Gasteiger partial charge is 0.262 e. The standard InChI is InChI=1S/C27H35N3O4/c1-21(26(20-28)27(31)29-10-13-33-16-17-34-15-14-32-2)22-6-7-24-19-25(9-8-23(24)18-22)30-11-4-3-5-12-30/h6-9,18-19H,3-5,10-17H2,1-2H3,(H,29,31)/b26-21-. The number of allylic oxidation sites excluding steroid dienone is 1. The third kappa shape index (κ3) is 7.29. The van der Waals surface area contributed by atoms with Gasteiger partial charge in [-0.1, -0.05) is 18.2 Å². The molecule has 1 aliphatic heterocycles. The molecule has 1 aliphatic rings. The van der Waals surface area contributed by atoms with Crippen LogP contribution in [0.3, 0.4) is 0 Å². The maximum Gasteiger partial charge on any atom is 0.262 e. The van der Waals surface area contributed by atoms with Gasteiger partial charge in [0.1, 0.15) is 11.6 Å². The normalized spacial score (nSPS) is 14.6. The summed E-state index contributed by atoms with van der Waals surface area (Å²) in [5, 5.41) is 14.7. The van der Waals surface area contributed by atoms with Crippen LogP contribution < -0.4 is 10.2 Å². The number of fused-ring (bicyclic) bond motifs is 1. The fraction of sp³-hybridized carbons (Fsp3) is 0.481. The molecule has 0 aromatic heterocycles. The number of hydrogen-bond acceptors (Lipinski definition) is 6. The van der Waals surface area contributed by atoms with Crippen molar-refractivity contribution in [3.8, 4) is 6.07 Å². The van der Waals surface area contributed by atoms with E-state index in [4.69, 9.17) is 14.2 Å². The Labute approximate surface area is 202 Å². The van der Waals surface area contributed by atoms with Crippen molar-refractivity contribution < 1.29 is 19.0 Å². The minimum absolute atomic E-state index is 0.118. The lowest BCUT2D eigenvalue weighted by Gasteiger charge is -2.29. The number of carbonyl (C=O) groups is 1. The number of ether oxygens (including phenoxy) is 3. The van der Waals surface area contributed by atoms with Crippen molar-refractivity contribution in [3.63, 3.8) is 0 Å². The van der Waals surface area contributed by atoms with Crippen molar-refractivity contribution in [1.29, 1.82) is 5.26 Å². The maximum absolute atomic E-state index is 12.6. The van der Waals surface area contributed by atoms with Crippen LogP contribution in [0.2, 0.25) is 0 Å². The molecule has 182 valence electrons.